The summed E-state index contributed by atoms with van der Waals surface area (Å²) in [6.45, 7) is 3.46. The van der Waals surface area contributed by atoms with Crippen LogP contribution >= 0.6 is 11.8 Å². The van der Waals surface area contributed by atoms with Crippen LogP contribution in [0.1, 0.15) is 13.8 Å². The van der Waals surface area contributed by atoms with Crippen LogP contribution in [0.25, 0.3) is 0 Å². The topological polar surface area (TPSA) is 115 Å². The number of nitrogens with zero attached hydrogens (tertiary/aromatic N) is 1. The van der Waals surface area contributed by atoms with Crippen molar-refractivity contribution in [2.24, 2.45) is 21.9 Å². The molecule has 0 aromatic heterocycles. The molecule has 5 N–H and O–H groups in total. The first-order chi connectivity index (χ1) is 6.79. The van der Waals surface area contributed by atoms with Crippen molar-refractivity contribution >= 4 is 28.9 Å². The summed E-state index contributed by atoms with van der Waals surface area (Å²) in [6, 6.07) is 0. The van der Waals surface area contributed by atoms with Gasteiger partial charge in [-0.05, 0) is 13.8 Å². The number of hydrogen-bond donors (Lipinski definition) is 3. The number of hydrogen-bond acceptors (Lipinski definition) is 4. The summed E-state index contributed by atoms with van der Waals surface area (Å²) in [7, 11) is 1.33. The van der Waals surface area contributed by atoms with E-state index in [9.17, 15) is 4.79 Å². The molecule has 0 unspecified atom stereocenters. The van der Waals surface area contributed by atoms with Gasteiger partial charge < -0.3 is 16.2 Å². The number of esters is 1. The molecule has 6 nitrogen and oxygen atoms in total. The van der Waals surface area contributed by atoms with E-state index in [-0.39, 0.29) is 17.1 Å². The minimum atomic E-state index is -0.662. The van der Waals surface area contributed by atoms with E-state index in [1.807, 2.05) is 0 Å². The van der Waals surface area contributed by atoms with Crippen molar-refractivity contribution in [1.82, 2.24) is 0 Å². The summed E-state index contributed by atoms with van der Waals surface area (Å²) in [5, 5.41) is 7.34. The first-order valence-corrected chi connectivity index (χ1v) is 5.17. The second kappa shape index (κ2) is 5.59. The summed E-state index contributed by atoms with van der Waals surface area (Å²) in [5.41, 5.74) is 9.54. The second-order valence-electron chi connectivity index (χ2n) is 3.51. The highest BCUT2D eigenvalue weighted by atomic mass is 32.2. The average Bonchev–Trinajstić information content (AvgIpc) is 2.12. The van der Waals surface area contributed by atoms with Gasteiger partial charge in [0.1, 0.15) is 0 Å². The number of ether oxygens (including phenoxy) is 1. The zero-order valence-corrected chi connectivity index (χ0v) is 9.85. The fraction of sp³-hybridized carbons (Fsp3) is 0.625. The van der Waals surface area contributed by atoms with Crippen LogP contribution in [-0.2, 0) is 9.53 Å². The zero-order valence-electron chi connectivity index (χ0n) is 9.03. The highest BCUT2D eigenvalue weighted by molar-refractivity contribution is 8.13. The summed E-state index contributed by atoms with van der Waals surface area (Å²) in [4.78, 5) is 14.8. The molecule has 15 heavy (non-hydrogen) atoms. The molecule has 0 aliphatic heterocycles. The zero-order chi connectivity index (χ0) is 12.1. The van der Waals surface area contributed by atoms with Crippen LogP contribution in [-0.4, -0.2) is 30.0 Å². The fourth-order valence-corrected chi connectivity index (χ4v) is 1.52. The van der Waals surface area contributed by atoms with Gasteiger partial charge in [0.2, 0.25) is 0 Å². The molecular weight excluding hydrogens is 216 g/mol. The number of guanidine groups is 1. The van der Waals surface area contributed by atoms with Gasteiger partial charge in [0, 0.05) is 5.75 Å². The molecule has 0 fully saturated rings. The van der Waals surface area contributed by atoms with Crippen LogP contribution in [0, 0.1) is 10.8 Å². The first-order valence-electron chi connectivity index (χ1n) is 4.19. The Kier molecular flexibility index (Phi) is 5.13. The molecule has 0 aliphatic rings. The van der Waals surface area contributed by atoms with Gasteiger partial charge in [0.15, 0.2) is 11.1 Å². The Hall–Kier alpha value is -1.24. The van der Waals surface area contributed by atoms with Gasteiger partial charge in [-0.2, -0.15) is 4.99 Å². The lowest BCUT2D eigenvalue weighted by molar-refractivity contribution is -0.149. The van der Waals surface area contributed by atoms with Gasteiger partial charge in [0.05, 0.1) is 12.5 Å². The van der Waals surface area contributed by atoms with E-state index >= 15 is 0 Å². The molecule has 7 heteroatoms. The van der Waals surface area contributed by atoms with Gasteiger partial charge in [-0.1, -0.05) is 11.8 Å². The Balaban J connectivity index is 4.21. The van der Waals surface area contributed by atoms with Gasteiger partial charge >= 0.3 is 5.97 Å². The van der Waals surface area contributed by atoms with Crippen LogP contribution in [0.15, 0.2) is 4.99 Å². The molecule has 0 atom stereocenters. The van der Waals surface area contributed by atoms with Crippen LogP contribution in [0.3, 0.4) is 0 Å². The second-order valence-corrected chi connectivity index (χ2v) is 4.47. The summed E-state index contributed by atoms with van der Waals surface area (Å²) >= 11 is 1.09. The number of methoxy groups -OCH3 is 1. The van der Waals surface area contributed by atoms with Gasteiger partial charge in [-0.25, -0.2) is 0 Å². The standard InChI is InChI=1S/C8H16N4O2S/c1-8(2,5(13)14-3)4-15-7(11)12-6(9)10/h4H2,1-3H3,(H5,9,10,11,12). The van der Waals surface area contributed by atoms with Crippen molar-refractivity contribution < 1.29 is 9.53 Å². The van der Waals surface area contributed by atoms with Gasteiger partial charge in [-0.3, -0.25) is 10.2 Å². The molecule has 0 rings (SSSR count). The molecule has 86 valence electrons. The minimum Gasteiger partial charge on any atom is -0.469 e. The third-order valence-corrected chi connectivity index (χ3v) is 2.77. The Bertz CT molecular complexity index is 284. The monoisotopic (exact) mass is 232 g/mol. The molecule has 0 saturated heterocycles. The SMILES string of the molecule is COC(=O)C(C)(C)CSC(=N)N=C(N)N. The average molecular weight is 232 g/mol. The van der Waals surface area contributed by atoms with Crippen LogP contribution in [0.4, 0.5) is 0 Å². The highest BCUT2D eigenvalue weighted by Gasteiger charge is 2.29. The molecule has 0 aromatic rings. The van der Waals surface area contributed by atoms with Crippen molar-refractivity contribution in [2.45, 2.75) is 13.8 Å². The number of nitrogens with two attached hydrogens (primary N) is 2. The quantitative estimate of drug-likeness (QED) is 0.363. The summed E-state index contributed by atoms with van der Waals surface area (Å²) in [6.07, 6.45) is 0. The molecule has 0 aromatic carbocycles. The molecular formula is C8H16N4O2S. The highest BCUT2D eigenvalue weighted by Crippen LogP contribution is 2.23. The van der Waals surface area contributed by atoms with E-state index in [0.717, 1.165) is 11.8 Å². The lowest BCUT2D eigenvalue weighted by Crippen LogP contribution is -2.29. The number of carbonyl (C=O) groups excluding carboxylic acids is 1. The van der Waals surface area contributed by atoms with E-state index in [1.54, 1.807) is 13.8 Å². The Morgan fingerprint density at radius 1 is 1.53 bits per heavy atom. The number of rotatable bonds is 3. The molecule has 0 aliphatic carbocycles. The third kappa shape index (κ3) is 5.26. The maximum atomic E-state index is 11.3. The number of amidine groups is 1. The van der Waals surface area contributed by atoms with Crippen LogP contribution in [0.2, 0.25) is 0 Å². The Labute approximate surface area is 93.0 Å². The van der Waals surface area contributed by atoms with Crippen molar-refractivity contribution in [3.8, 4) is 0 Å². The lowest BCUT2D eigenvalue weighted by atomic mass is 9.97. The van der Waals surface area contributed by atoms with E-state index < -0.39 is 5.41 Å². The van der Waals surface area contributed by atoms with Crippen molar-refractivity contribution in [3.05, 3.63) is 0 Å². The van der Waals surface area contributed by atoms with Gasteiger partial charge in [0.25, 0.3) is 0 Å². The van der Waals surface area contributed by atoms with Crippen molar-refractivity contribution in [2.75, 3.05) is 12.9 Å². The lowest BCUT2D eigenvalue weighted by Gasteiger charge is -2.19. The fourth-order valence-electron chi connectivity index (χ4n) is 0.734. The first kappa shape index (κ1) is 13.8. The number of nitrogens with one attached hydrogen (secondary N) is 1. The van der Waals surface area contributed by atoms with Crippen molar-refractivity contribution in [1.29, 1.82) is 5.41 Å². The third-order valence-electron chi connectivity index (χ3n) is 1.54. The molecule has 0 saturated carbocycles. The van der Waals surface area contributed by atoms with Crippen LogP contribution in [0.5, 0.6) is 0 Å². The maximum absolute atomic E-state index is 11.3. The smallest absolute Gasteiger partial charge is 0.312 e. The number of thioether (sulfide) groups is 1. The van der Waals surface area contributed by atoms with Crippen molar-refractivity contribution in [3.63, 3.8) is 0 Å². The Morgan fingerprint density at radius 3 is 2.47 bits per heavy atom. The Morgan fingerprint density at radius 2 is 2.07 bits per heavy atom. The summed E-state index contributed by atoms with van der Waals surface area (Å²) in [5.74, 6) is -0.106. The molecule has 0 spiro atoms. The largest absolute Gasteiger partial charge is 0.469 e. The molecule has 0 amide bonds. The van der Waals surface area contributed by atoms with E-state index in [0.29, 0.717) is 5.75 Å². The molecule has 0 radical (unpaired) electrons. The summed E-state index contributed by atoms with van der Waals surface area (Å²) < 4.78 is 4.62. The molecule has 0 bridgehead atoms. The predicted molar refractivity (Wildman–Crippen MR) is 61.8 cm³/mol. The van der Waals surface area contributed by atoms with E-state index in [1.165, 1.54) is 7.11 Å². The predicted octanol–water partition coefficient (Wildman–Crippen LogP) is 0.127. The van der Waals surface area contributed by atoms with E-state index in [2.05, 4.69) is 9.73 Å². The minimum absolute atomic E-state index is 0.0213. The molecule has 0 heterocycles. The van der Waals surface area contributed by atoms with Crippen LogP contribution < -0.4 is 11.5 Å². The number of aliphatic imine (C=N–C) groups is 1. The maximum Gasteiger partial charge on any atom is 0.312 e. The number of carbonyl (C=O) groups is 1. The van der Waals surface area contributed by atoms with E-state index in [4.69, 9.17) is 16.9 Å². The van der Waals surface area contributed by atoms with Gasteiger partial charge in [-0.15, -0.1) is 0 Å². The normalized spacial score (nSPS) is 10.6.